The number of nitrogens with one attached hydrogen (secondary N) is 4. The number of esters is 1. The molecule has 0 aliphatic carbocycles. The molecule has 0 radical (unpaired) electrons. The first kappa shape index (κ1) is 73.0. The Hall–Kier alpha value is -7.08. The Morgan fingerprint density at radius 1 is 0.967 bits per heavy atom. The van der Waals surface area contributed by atoms with Crippen molar-refractivity contribution in [3.05, 3.63) is 81.4 Å². The van der Waals surface area contributed by atoms with Crippen LogP contribution in [0.3, 0.4) is 0 Å². The highest BCUT2D eigenvalue weighted by molar-refractivity contribution is 7.80. The van der Waals surface area contributed by atoms with Gasteiger partial charge in [0, 0.05) is 71.2 Å². The van der Waals surface area contributed by atoms with Crippen molar-refractivity contribution in [3.63, 3.8) is 0 Å². The number of amides is 7. The van der Waals surface area contributed by atoms with Crippen molar-refractivity contribution in [1.29, 1.82) is 0 Å². The van der Waals surface area contributed by atoms with E-state index in [1.54, 1.807) is 52.8 Å². The second kappa shape index (κ2) is 32.5. The molecule has 2 aromatic carbocycles. The van der Waals surface area contributed by atoms with Crippen LogP contribution in [0.4, 0.5) is 34.1 Å². The van der Waals surface area contributed by atoms with Gasteiger partial charge in [-0.25, -0.2) is 14.4 Å². The van der Waals surface area contributed by atoms with Crippen LogP contribution in [0, 0.1) is 24.7 Å². The molecule has 4 aliphatic rings. The molecule has 500 valence electrons. The molecule has 9 atom stereocenters. The standard InChI is InChI=1S/C62H81ClF3N7O17S/c1-34(2)40(30-49(91)68-20-22-86-24-23-85-21-18-53(78)90-73-50(75)16-17-51(73)76)57(80)70-43(12-10-19-69-58(67)81)45(74)29-38-14-15-42(41(27-38)62(64,65)66)71-59(82)88-48-31-52(77)72(7)44-28-39(26-36(4)55(44)63)25-35(3)11-9-13-47(84-8)61(83)32-46(87-54(79)33-61)37(5)56-60(48,6)89-56/h9,11,13-15,26-28,34,37,40,43,46-48,56,83H,10,12,16-25,29-33H2,1-8H3,(H,68,91)(H,70,80)(H,71,82)(H3,67,69,81)/b13-9+,35-11+/t37-,40+,43+,46+,47-,48+,56+,60+,61-/m1/s1. The highest BCUT2D eigenvalue weighted by Gasteiger charge is 2.64. The van der Waals surface area contributed by atoms with Crippen molar-refractivity contribution in [2.24, 2.45) is 23.5 Å². The third-order valence-corrected chi connectivity index (χ3v) is 17.1. The Morgan fingerprint density at radius 2 is 1.66 bits per heavy atom. The number of ketones is 1. The number of anilines is 2. The maximum Gasteiger partial charge on any atom is 0.418 e. The van der Waals surface area contributed by atoms with E-state index in [9.17, 15) is 48.3 Å². The predicted octanol–water partition coefficient (Wildman–Crippen LogP) is 6.60. The Bertz CT molecular complexity index is 3100. The number of benzene rings is 2. The summed E-state index contributed by atoms with van der Waals surface area (Å²) in [7, 11) is 2.88. The van der Waals surface area contributed by atoms with Crippen molar-refractivity contribution in [1.82, 2.24) is 21.0 Å². The van der Waals surface area contributed by atoms with E-state index in [2.05, 4.69) is 21.3 Å². The third-order valence-electron chi connectivity index (χ3n) is 16.3. The lowest BCUT2D eigenvalue weighted by atomic mass is 9.78. The number of urea groups is 1. The topological polar surface area (TPSA) is 322 Å². The first-order valence-corrected chi connectivity index (χ1v) is 30.7. The van der Waals surface area contributed by atoms with E-state index < -0.39 is 144 Å². The number of aryl methyl sites for hydroxylation is 1. The summed E-state index contributed by atoms with van der Waals surface area (Å²) in [4.78, 5) is 123. The summed E-state index contributed by atoms with van der Waals surface area (Å²) >= 11 is 12.4. The number of alkyl halides is 3. The Balaban J connectivity index is 1.13. The molecule has 0 aromatic heterocycles. The molecule has 2 aromatic rings. The zero-order valence-corrected chi connectivity index (χ0v) is 53.7. The van der Waals surface area contributed by atoms with Crippen molar-refractivity contribution >= 4 is 93.7 Å². The number of methoxy groups -OCH3 is 1. The number of allylic oxidation sites excluding steroid dienone is 3. The lowest BCUT2D eigenvalue weighted by molar-refractivity contribution is -0.198. The van der Waals surface area contributed by atoms with Crippen molar-refractivity contribution < 1.29 is 94.7 Å². The fourth-order valence-corrected chi connectivity index (χ4v) is 11.6. The van der Waals surface area contributed by atoms with Crippen LogP contribution in [-0.2, 0) is 85.8 Å². The van der Waals surface area contributed by atoms with Crippen LogP contribution in [0.5, 0.6) is 0 Å². The number of ether oxygens (including phenoxy) is 6. The summed E-state index contributed by atoms with van der Waals surface area (Å²) < 4.78 is 79.8. The number of rotatable bonds is 25. The van der Waals surface area contributed by atoms with Crippen LogP contribution in [0.15, 0.2) is 54.1 Å². The minimum absolute atomic E-state index is 0.00319. The van der Waals surface area contributed by atoms with Crippen LogP contribution < -0.4 is 31.9 Å². The smallest absolute Gasteiger partial charge is 0.418 e. The zero-order valence-electron chi connectivity index (χ0n) is 52.1. The first-order valence-electron chi connectivity index (χ1n) is 29.9. The fraction of sp³-hybridized carbons (Fsp3) is 0.581. The molecule has 3 fully saturated rings. The summed E-state index contributed by atoms with van der Waals surface area (Å²) in [6.45, 7) is 11.0. The summed E-state index contributed by atoms with van der Waals surface area (Å²) in [6, 6.07) is 4.30. The maximum atomic E-state index is 15.1. The Morgan fingerprint density at radius 3 is 2.32 bits per heavy atom. The lowest BCUT2D eigenvalue weighted by Gasteiger charge is -2.41. The van der Waals surface area contributed by atoms with Crippen LogP contribution in [0.25, 0.3) is 0 Å². The van der Waals surface area contributed by atoms with E-state index in [1.807, 2.05) is 19.1 Å². The molecule has 6 rings (SSSR count). The number of thiocarbonyl (C=S) groups is 1. The Labute approximate surface area is 536 Å². The first-order chi connectivity index (χ1) is 42.8. The summed E-state index contributed by atoms with van der Waals surface area (Å²) in [5.74, 6) is -6.40. The largest absolute Gasteiger partial charge is 0.462 e. The van der Waals surface area contributed by atoms with Crippen LogP contribution in [-0.4, -0.2) is 164 Å². The van der Waals surface area contributed by atoms with Gasteiger partial charge in [0.05, 0.1) is 84.8 Å². The number of halogens is 4. The molecule has 0 unspecified atom stereocenters. The van der Waals surface area contributed by atoms with Gasteiger partial charge in [0.2, 0.25) is 11.8 Å². The molecule has 4 heterocycles. The van der Waals surface area contributed by atoms with Gasteiger partial charge < -0.3 is 64.9 Å². The van der Waals surface area contributed by atoms with Gasteiger partial charge in [0.1, 0.15) is 29.5 Å². The van der Waals surface area contributed by atoms with Crippen LogP contribution >= 0.6 is 23.8 Å². The Kier molecular flexibility index (Phi) is 26.0. The molecular weight excluding hydrogens is 1240 g/mol. The molecule has 0 saturated carbocycles. The normalized spacial score (nSPS) is 24.5. The van der Waals surface area contributed by atoms with Crippen LogP contribution in [0.2, 0.25) is 5.02 Å². The minimum atomic E-state index is -5.13. The molecule has 91 heavy (non-hydrogen) atoms. The van der Waals surface area contributed by atoms with Crippen LogP contribution in [0.1, 0.15) is 115 Å². The highest BCUT2D eigenvalue weighted by Crippen LogP contribution is 2.50. The average molecular weight is 1320 g/mol. The van der Waals surface area contributed by atoms with Gasteiger partial charge in [0.15, 0.2) is 5.78 Å². The third kappa shape index (κ3) is 20.5. The van der Waals surface area contributed by atoms with Crippen molar-refractivity contribution in [3.8, 4) is 0 Å². The molecule has 7 amide bonds. The van der Waals surface area contributed by atoms with Gasteiger partial charge in [-0.3, -0.25) is 34.1 Å². The molecule has 7 N–H and O–H groups in total. The van der Waals surface area contributed by atoms with Gasteiger partial charge in [-0.05, 0) is 80.8 Å². The highest BCUT2D eigenvalue weighted by atomic mass is 35.5. The molecule has 0 spiro atoms. The van der Waals surface area contributed by atoms with E-state index in [4.69, 9.17) is 62.8 Å². The number of primary amides is 1. The van der Waals surface area contributed by atoms with E-state index in [0.717, 1.165) is 17.2 Å². The summed E-state index contributed by atoms with van der Waals surface area (Å²) in [5.41, 5.74) is 2.37. The molecule has 3 saturated heterocycles. The van der Waals surface area contributed by atoms with Crippen molar-refractivity contribution in [2.75, 3.05) is 63.9 Å². The molecule has 24 nitrogen and oxygen atoms in total. The maximum absolute atomic E-state index is 15.1. The molecular formula is C62H81ClF3N7O17S. The van der Waals surface area contributed by atoms with Gasteiger partial charge in [-0.1, -0.05) is 80.5 Å². The summed E-state index contributed by atoms with van der Waals surface area (Å²) in [6.07, 6.45) is -7.08. The number of epoxide rings is 1. The number of fused-ring (bicyclic) bond motifs is 5. The predicted molar refractivity (Wildman–Crippen MR) is 328 cm³/mol. The van der Waals surface area contributed by atoms with E-state index in [-0.39, 0.29) is 101 Å². The minimum Gasteiger partial charge on any atom is -0.462 e. The number of carbonyl (C=O) groups is 9. The van der Waals surface area contributed by atoms with Gasteiger partial charge >= 0.3 is 30.2 Å². The van der Waals surface area contributed by atoms with E-state index in [0.29, 0.717) is 33.8 Å². The quantitative estimate of drug-likeness (QED) is 0.0201. The van der Waals surface area contributed by atoms with Gasteiger partial charge in [0.25, 0.3) is 11.8 Å². The number of imide groups is 1. The second-order valence-corrected chi connectivity index (χ2v) is 24.6. The number of nitrogens with two attached hydrogens (primary N) is 1. The molecule has 29 heteroatoms. The fourth-order valence-electron chi connectivity index (χ4n) is 11.1. The number of hydroxylamine groups is 2. The summed E-state index contributed by atoms with van der Waals surface area (Å²) in [5, 5.41) is 23.1. The second-order valence-electron chi connectivity index (χ2n) is 23.7. The van der Waals surface area contributed by atoms with E-state index >= 15 is 13.2 Å². The lowest BCUT2D eigenvalue weighted by Crippen LogP contribution is -2.53. The SMILES string of the molecule is CO[C@@H]1/C=C/C=C(\C)Cc2cc(C)c(Cl)c(c2)N(C)C(=O)C[C@H](OC(=O)Nc2ccc(CC(=O)[C@H](CCCNC(N)=O)NC(=O)[C@@H](CC(=S)NCCOCCOCCC(=O)ON3C(=O)CCC3=O)C(C)C)cc2C(F)(F)F)[C@]2(C)O[C@H]2[C@H](C)[C@@H]2C[C@@]1(O)CC(=O)O2. The average Bonchev–Trinajstić information content (AvgIpc) is 1.58. The number of hydrogen-bond acceptors (Lipinski definition) is 18. The number of nitrogens with zero attached hydrogens (tertiary/aromatic N) is 2. The monoisotopic (exact) mass is 1320 g/mol. The number of aliphatic hydroxyl groups is 1. The number of hydrogen-bond donors (Lipinski definition) is 6. The molecule has 4 aliphatic heterocycles. The zero-order chi connectivity index (χ0) is 67.1. The molecule has 4 bridgehead atoms. The number of Topliss-reactive ketones (excluding diaryl/α,β-unsaturated/α-hetero) is 1. The number of carbonyl (C=O) groups excluding carboxylic acids is 9. The van der Waals surface area contributed by atoms with Crippen molar-refractivity contribution in [2.45, 2.75) is 160 Å². The van der Waals surface area contributed by atoms with Gasteiger partial charge in [-0.2, -0.15) is 13.2 Å². The van der Waals surface area contributed by atoms with E-state index in [1.165, 1.54) is 25.1 Å². The van der Waals surface area contributed by atoms with Gasteiger partial charge in [-0.15, -0.1) is 5.06 Å².